The molecule has 2 aliphatic heterocycles. The van der Waals surface area contributed by atoms with Crippen LogP contribution in [0.2, 0.25) is 0 Å². The number of piperidine rings is 1. The van der Waals surface area contributed by atoms with Crippen LogP contribution < -0.4 is 5.32 Å². The van der Waals surface area contributed by atoms with Crippen LogP contribution in [-0.4, -0.2) is 66.8 Å². The summed E-state index contributed by atoms with van der Waals surface area (Å²) in [5.74, 6) is 0. The van der Waals surface area contributed by atoms with Gasteiger partial charge in [-0.3, -0.25) is 0 Å². The molecular formula is C18H35N3O2. The molecule has 1 N–H and O–H groups in total. The van der Waals surface area contributed by atoms with Crippen molar-refractivity contribution in [2.24, 2.45) is 5.41 Å². The minimum atomic E-state index is -0.412. The number of ether oxygens (including phenoxy) is 1. The summed E-state index contributed by atoms with van der Waals surface area (Å²) in [4.78, 5) is 16.4. The predicted octanol–water partition coefficient (Wildman–Crippen LogP) is 2.71. The van der Waals surface area contributed by atoms with Crippen molar-refractivity contribution < 1.29 is 9.53 Å². The molecule has 0 radical (unpaired) electrons. The standard InChI is InChI=1S/C18H35N3O2/c1-14-11-15(12-20(14)6)19-13-18(5)7-9-21(10-8-18)16(22)23-17(2,3)4/h14-15,19H,7-13H2,1-6H3. The first-order valence-electron chi connectivity index (χ1n) is 9.00. The van der Waals surface area contributed by atoms with Gasteiger partial charge in [-0.15, -0.1) is 0 Å². The van der Waals surface area contributed by atoms with Crippen molar-refractivity contribution in [2.75, 3.05) is 33.2 Å². The number of nitrogens with one attached hydrogen (secondary N) is 1. The Morgan fingerprint density at radius 1 is 1.30 bits per heavy atom. The van der Waals surface area contributed by atoms with Crippen LogP contribution in [0.25, 0.3) is 0 Å². The van der Waals surface area contributed by atoms with Crippen molar-refractivity contribution >= 4 is 6.09 Å². The monoisotopic (exact) mass is 325 g/mol. The summed E-state index contributed by atoms with van der Waals surface area (Å²) >= 11 is 0. The maximum atomic E-state index is 12.1. The lowest BCUT2D eigenvalue weighted by atomic mass is 9.80. The van der Waals surface area contributed by atoms with E-state index >= 15 is 0 Å². The van der Waals surface area contributed by atoms with Crippen molar-refractivity contribution in [3.05, 3.63) is 0 Å². The van der Waals surface area contributed by atoms with E-state index in [0.717, 1.165) is 39.0 Å². The SMILES string of the molecule is CC1CC(NCC2(C)CCN(C(=O)OC(C)(C)C)CC2)CN1C. The molecule has 0 spiro atoms. The second-order valence-corrected chi connectivity index (χ2v) is 8.88. The summed E-state index contributed by atoms with van der Waals surface area (Å²) in [7, 11) is 2.20. The van der Waals surface area contributed by atoms with Crippen LogP contribution in [0.3, 0.4) is 0 Å². The van der Waals surface area contributed by atoms with Gasteiger partial charge >= 0.3 is 6.09 Å². The van der Waals surface area contributed by atoms with E-state index < -0.39 is 5.60 Å². The fraction of sp³-hybridized carbons (Fsp3) is 0.944. The van der Waals surface area contributed by atoms with Gasteiger partial charge in [-0.2, -0.15) is 0 Å². The summed E-state index contributed by atoms with van der Waals surface area (Å²) in [6.45, 7) is 14.2. The summed E-state index contributed by atoms with van der Waals surface area (Å²) in [5.41, 5.74) is -0.131. The Kier molecular flexibility index (Phi) is 5.62. The van der Waals surface area contributed by atoms with Gasteiger partial charge in [0.25, 0.3) is 0 Å². The van der Waals surface area contributed by atoms with E-state index in [4.69, 9.17) is 4.74 Å². The van der Waals surface area contributed by atoms with Gasteiger partial charge in [-0.25, -0.2) is 4.79 Å². The van der Waals surface area contributed by atoms with Crippen LogP contribution in [0.15, 0.2) is 0 Å². The molecule has 0 aromatic carbocycles. The topological polar surface area (TPSA) is 44.8 Å². The minimum Gasteiger partial charge on any atom is -0.444 e. The minimum absolute atomic E-state index is 0.168. The number of amides is 1. The molecule has 5 nitrogen and oxygen atoms in total. The average Bonchev–Trinajstić information content (AvgIpc) is 2.75. The molecule has 134 valence electrons. The lowest BCUT2D eigenvalue weighted by Gasteiger charge is -2.40. The molecule has 2 atom stereocenters. The highest BCUT2D eigenvalue weighted by atomic mass is 16.6. The maximum Gasteiger partial charge on any atom is 0.410 e. The average molecular weight is 325 g/mol. The first-order chi connectivity index (χ1) is 10.6. The lowest BCUT2D eigenvalue weighted by Crippen LogP contribution is -2.48. The van der Waals surface area contributed by atoms with Crippen molar-refractivity contribution in [2.45, 2.75) is 71.6 Å². The number of nitrogens with zero attached hydrogens (tertiary/aromatic N) is 2. The molecule has 2 fully saturated rings. The van der Waals surface area contributed by atoms with Crippen LogP contribution in [0.4, 0.5) is 4.79 Å². The van der Waals surface area contributed by atoms with Crippen molar-refractivity contribution in [3.8, 4) is 0 Å². The molecule has 0 aromatic rings. The summed E-state index contributed by atoms with van der Waals surface area (Å²) in [5, 5.41) is 3.76. The fourth-order valence-electron chi connectivity index (χ4n) is 3.46. The molecule has 0 bridgehead atoms. The summed E-state index contributed by atoms with van der Waals surface area (Å²) in [6, 6.07) is 1.28. The van der Waals surface area contributed by atoms with Crippen LogP contribution in [0.1, 0.15) is 53.9 Å². The Bertz CT molecular complexity index is 401. The first-order valence-corrected chi connectivity index (χ1v) is 9.00. The third kappa shape index (κ3) is 5.35. The zero-order valence-corrected chi connectivity index (χ0v) is 15.8. The van der Waals surface area contributed by atoms with E-state index in [1.807, 2.05) is 25.7 Å². The molecule has 23 heavy (non-hydrogen) atoms. The van der Waals surface area contributed by atoms with E-state index in [0.29, 0.717) is 12.1 Å². The molecule has 0 aromatic heterocycles. The van der Waals surface area contributed by atoms with Gasteiger partial charge in [0, 0.05) is 38.3 Å². The largest absolute Gasteiger partial charge is 0.444 e. The predicted molar refractivity (Wildman–Crippen MR) is 93.6 cm³/mol. The molecule has 5 heteroatoms. The number of carbonyl (C=O) groups excluding carboxylic acids is 1. The Labute approximate surface area is 141 Å². The number of rotatable bonds is 3. The molecule has 2 aliphatic rings. The third-order valence-electron chi connectivity index (χ3n) is 5.33. The zero-order valence-electron chi connectivity index (χ0n) is 15.8. The van der Waals surface area contributed by atoms with Gasteiger partial charge < -0.3 is 19.9 Å². The van der Waals surface area contributed by atoms with E-state index in [9.17, 15) is 4.79 Å². The highest BCUT2D eigenvalue weighted by molar-refractivity contribution is 5.68. The number of likely N-dealkylation sites (tertiary alicyclic amines) is 2. The molecule has 2 unspecified atom stereocenters. The van der Waals surface area contributed by atoms with E-state index in [2.05, 4.69) is 31.1 Å². The van der Waals surface area contributed by atoms with E-state index in [1.165, 1.54) is 6.42 Å². The van der Waals surface area contributed by atoms with Gasteiger partial charge in [0.1, 0.15) is 5.60 Å². The Morgan fingerprint density at radius 3 is 2.39 bits per heavy atom. The van der Waals surface area contributed by atoms with Gasteiger partial charge in [-0.05, 0) is 59.4 Å². The lowest BCUT2D eigenvalue weighted by molar-refractivity contribution is 0.0117. The van der Waals surface area contributed by atoms with E-state index in [-0.39, 0.29) is 11.5 Å². The molecular weight excluding hydrogens is 290 g/mol. The van der Waals surface area contributed by atoms with Crippen LogP contribution in [0.5, 0.6) is 0 Å². The molecule has 0 aliphatic carbocycles. The summed E-state index contributed by atoms with van der Waals surface area (Å²) in [6.07, 6.45) is 3.14. The van der Waals surface area contributed by atoms with Gasteiger partial charge in [0.05, 0.1) is 0 Å². The van der Waals surface area contributed by atoms with Crippen LogP contribution in [-0.2, 0) is 4.74 Å². The molecule has 0 saturated carbocycles. The zero-order chi connectivity index (χ0) is 17.3. The second kappa shape index (κ2) is 6.98. The normalized spacial score (nSPS) is 28.9. The van der Waals surface area contributed by atoms with Crippen molar-refractivity contribution in [1.29, 1.82) is 0 Å². The number of carbonyl (C=O) groups is 1. The number of likely N-dealkylation sites (N-methyl/N-ethyl adjacent to an activating group) is 1. The second-order valence-electron chi connectivity index (χ2n) is 8.88. The first kappa shape index (κ1) is 18.5. The van der Waals surface area contributed by atoms with Gasteiger partial charge in [0.2, 0.25) is 0 Å². The summed E-state index contributed by atoms with van der Waals surface area (Å²) < 4.78 is 5.48. The molecule has 2 rings (SSSR count). The van der Waals surface area contributed by atoms with Crippen LogP contribution >= 0.6 is 0 Å². The van der Waals surface area contributed by atoms with E-state index in [1.54, 1.807) is 0 Å². The Hall–Kier alpha value is -0.810. The third-order valence-corrected chi connectivity index (χ3v) is 5.33. The Morgan fingerprint density at radius 2 is 1.91 bits per heavy atom. The van der Waals surface area contributed by atoms with Crippen LogP contribution in [0, 0.1) is 5.41 Å². The highest BCUT2D eigenvalue weighted by Gasteiger charge is 2.35. The van der Waals surface area contributed by atoms with Gasteiger partial charge in [-0.1, -0.05) is 6.92 Å². The Balaban J connectivity index is 1.75. The molecule has 2 saturated heterocycles. The number of hydrogen-bond acceptors (Lipinski definition) is 4. The maximum absolute atomic E-state index is 12.1. The quantitative estimate of drug-likeness (QED) is 0.866. The van der Waals surface area contributed by atoms with Gasteiger partial charge in [0.15, 0.2) is 0 Å². The molecule has 1 amide bonds. The highest BCUT2D eigenvalue weighted by Crippen LogP contribution is 2.31. The smallest absolute Gasteiger partial charge is 0.410 e. The fourth-order valence-corrected chi connectivity index (χ4v) is 3.46. The number of hydrogen-bond donors (Lipinski definition) is 1. The molecule has 2 heterocycles. The van der Waals surface area contributed by atoms with Crippen molar-refractivity contribution in [1.82, 2.24) is 15.1 Å². The van der Waals surface area contributed by atoms with Crippen molar-refractivity contribution in [3.63, 3.8) is 0 Å².